The van der Waals surface area contributed by atoms with Crippen molar-refractivity contribution in [3.05, 3.63) is 48.4 Å². The lowest BCUT2D eigenvalue weighted by Crippen LogP contribution is -2.11. The van der Waals surface area contributed by atoms with Gasteiger partial charge in [0, 0.05) is 11.9 Å². The number of amides is 1. The van der Waals surface area contributed by atoms with Gasteiger partial charge in [-0.25, -0.2) is 0 Å². The van der Waals surface area contributed by atoms with E-state index in [-0.39, 0.29) is 5.91 Å². The van der Waals surface area contributed by atoms with Crippen LogP contribution < -0.4 is 5.32 Å². The summed E-state index contributed by atoms with van der Waals surface area (Å²) in [6, 6.07) is 9.35. The van der Waals surface area contributed by atoms with Gasteiger partial charge in [-0.3, -0.25) is 9.89 Å². The third-order valence-electron chi connectivity index (χ3n) is 2.55. The molecule has 0 spiro atoms. The average molecular weight is 271 g/mol. The van der Waals surface area contributed by atoms with Crippen LogP contribution in [0.15, 0.2) is 42.7 Å². The van der Waals surface area contributed by atoms with Gasteiger partial charge >= 0.3 is 0 Å². The summed E-state index contributed by atoms with van der Waals surface area (Å²) in [7, 11) is 0. The van der Waals surface area contributed by atoms with Crippen LogP contribution in [0.5, 0.6) is 0 Å². The van der Waals surface area contributed by atoms with Gasteiger partial charge in [0.15, 0.2) is 5.69 Å². The lowest BCUT2D eigenvalue weighted by molar-refractivity contribution is 0.102. The first kappa shape index (κ1) is 11.5. The van der Waals surface area contributed by atoms with Crippen LogP contribution in [0.4, 0.5) is 5.69 Å². The van der Waals surface area contributed by atoms with Gasteiger partial charge < -0.3 is 5.32 Å². The first-order valence-electron chi connectivity index (χ1n) is 5.51. The van der Waals surface area contributed by atoms with Gasteiger partial charge in [-0.2, -0.15) is 13.8 Å². The summed E-state index contributed by atoms with van der Waals surface area (Å²) in [5.41, 5.74) is 2.97. The standard InChI is InChI=1S/C12H9N5OS/c18-12(11-7-14-19-17-11)15-9-3-1-8(2-4-9)10-5-6-13-16-10/h1-7H,(H,13,16)(H,15,18). The molecular weight excluding hydrogens is 262 g/mol. The molecule has 0 bridgehead atoms. The van der Waals surface area contributed by atoms with Crippen molar-refractivity contribution < 1.29 is 4.79 Å². The monoisotopic (exact) mass is 271 g/mol. The molecule has 3 rings (SSSR count). The molecule has 0 fully saturated rings. The molecule has 7 heteroatoms. The van der Waals surface area contributed by atoms with E-state index in [1.165, 1.54) is 6.20 Å². The Balaban J connectivity index is 1.75. The fraction of sp³-hybridized carbons (Fsp3) is 0. The fourth-order valence-electron chi connectivity index (χ4n) is 1.61. The molecule has 19 heavy (non-hydrogen) atoms. The Labute approximate surface area is 112 Å². The lowest BCUT2D eigenvalue weighted by Gasteiger charge is -2.04. The van der Waals surface area contributed by atoms with E-state index in [1.54, 1.807) is 6.20 Å². The quantitative estimate of drug-likeness (QED) is 0.764. The highest BCUT2D eigenvalue weighted by Gasteiger charge is 2.08. The lowest BCUT2D eigenvalue weighted by atomic mass is 10.1. The van der Waals surface area contributed by atoms with E-state index >= 15 is 0 Å². The number of aromatic nitrogens is 4. The van der Waals surface area contributed by atoms with Gasteiger partial charge in [0.05, 0.1) is 23.6 Å². The van der Waals surface area contributed by atoms with Crippen LogP contribution >= 0.6 is 11.7 Å². The van der Waals surface area contributed by atoms with E-state index in [9.17, 15) is 4.79 Å². The Bertz CT molecular complexity index is 661. The predicted molar refractivity (Wildman–Crippen MR) is 71.9 cm³/mol. The van der Waals surface area contributed by atoms with Crippen molar-refractivity contribution >= 4 is 23.3 Å². The molecule has 0 radical (unpaired) electrons. The van der Waals surface area contributed by atoms with Crippen molar-refractivity contribution in [1.82, 2.24) is 18.9 Å². The summed E-state index contributed by atoms with van der Waals surface area (Å²) in [6.07, 6.45) is 3.14. The van der Waals surface area contributed by atoms with Crippen molar-refractivity contribution in [2.24, 2.45) is 0 Å². The van der Waals surface area contributed by atoms with Crippen LogP contribution in [0.1, 0.15) is 10.5 Å². The number of rotatable bonds is 3. The van der Waals surface area contributed by atoms with E-state index in [2.05, 4.69) is 24.3 Å². The number of hydrogen-bond donors (Lipinski definition) is 2. The zero-order chi connectivity index (χ0) is 13.1. The molecule has 0 saturated heterocycles. The highest BCUT2D eigenvalue weighted by Crippen LogP contribution is 2.19. The van der Waals surface area contributed by atoms with Gasteiger partial charge in [0.1, 0.15) is 0 Å². The van der Waals surface area contributed by atoms with Crippen LogP contribution in [-0.4, -0.2) is 24.9 Å². The molecule has 2 N–H and O–H groups in total. The summed E-state index contributed by atoms with van der Waals surface area (Å²) < 4.78 is 7.67. The second-order valence-corrected chi connectivity index (χ2v) is 4.35. The predicted octanol–water partition coefficient (Wildman–Crippen LogP) is 2.18. The van der Waals surface area contributed by atoms with Crippen molar-refractivity contribution in [1.29, 1.82) is 0 Å². The SMILES string of the molecule is O=C(Nc1ccc(-c2ccn[nH]2)cc1)c1cnsn1. The molecule has 2 aromatic heterocycles. The number of H-pyrrole nitrogens is 1. The Morgan fingerprint density at radius 3 is 2.68 bits per heavy atom. The van der Waals surface area contributed by atoms with E-state index in [1.807, 2.05) is 30.3 Å². The van der Waals surface area contributed by atoms with E-state index in [0.717, 1.165) is 23.0 Å². The summed E-state index contributed by atoms with van der Waals surface area (Å²) in [6.45, 7) is 0. The molecular formula is C12H9N5OS. The fourth-order valence-corrected chi connectivity index (χ4v) is 2.02. The van der Waals surface area contributed by atoms with Crippen molar-refractivity contribution in [3.8, 4) is 11.3 Å². The molecule has 1 aromatic carbocycles. The minimum absolute atomic E-state index is 0.261. The Morgan fingerprint density at radius 1 is 1.21 bits per heavy atom. The zero-order valence-electron chi connectivity index (χ0n) is 9.70. The Hall–Kier alpha value is -2.54. The summed E-state index contributed by atoms with van der Waals surface area (Å²) >= 11 is 1.01. The molecule has 0 aliphatic heterocycles. The molecule has 0 unspecified atom stereocenters. The third-order valence-corrected chi connectivity index (χ3v) is 3.03. The highest BCUT2D eigenvalue weighted by atomic mass is 32.1. The molecule has 2 heterocycles. The smallest absolute Gasteiger partial charge is 0.277 e. The number of carbonyl (C=O) groups excluding carboxylic acids is 1. The molecule has 1 amide bonds. The molecule has 3 aromatic rings. The molecule has 94 valence electrons. The Kier molecular flexibility index (Phi) is 3.03. The van der Waals surface area contributed by atoms with Gasteiger partial charge in [-0.1, -0.05) is 12.1 Å². The van der Waals surface area contributed by atoms with Crippen LogP contribution in [0.2, 0.25) is 0 Å². The van der Waals surface area contributed by atoms with Gasteiger partial charge in [-0.15, -0.1) is 0 Å². The largest absolute Gasteiger partial charge is 0.321 e. The maximum Gasteiger partial charge on any atom is 0.277 e. The number of hydrogen-bond acceptors (Lipinski definition) is 5. The molecule has 0 atom stereocenters. The minimum atomic E-state index is -0.261. The van der Waals surface area contributed by atoms with Crippen LogP contribution in [0.3, 0.4) is 0 Å². The second kappa shape index (κ2) is 4.99. The number of aromatic amines is 1. The topological polar surface area (TPSA) is 83.6 Å². The van der Waals surface area contributed by atoms with Crippen LogP contribution in [-0.2, 0) is 0 Å². The Morgan fingerprint density at radius 2 is 2.05 bits per heavy atom. The van der Waals surface area contributed by atoms with Crippen LogP contribution in [0, 0.1) is 0 Å². The van der Waals surface area contributed by atoms with Crippen molar-refractivity contribution in [2.45, 2.75) is 0 Å². The van der Waals surface area contributed by atoms with Crippen LogP contribution in [0.25, 0.3) is 11.3 Å². The van der Waals surface area contributed by atoms with Crippen molar-refractivity contribution in [2.75, 3.05) is 5.32 Å². The molecule has 0 saturated carbocycles. The van der Waals surface area contributed by atoms with E-state index in [4.69, 9.17) is 0 Å². The number of anilines is 1. The highest BCUT2D eigenvalue weighted by molar-refractivity contribution is 6.99. The number of nitrogens with zero attached hydrogens (tertiary/aromatic N) is 3. The van der Waals surface area contributed by atoms with Crippen molar-refractivity contribution in [3.63, 3.8) is 0 Å². The maximum absolute atomic E-state index is 11.8. The van der Waals surface area contributed by atoms with Gasteiger partial charge in [-0.05, 0) is 23.8 Å². The molecule has 6 nitrogen and oxygen atoms in total. The summed E-state index contributed by atoms with van der Waals surface area (Å²) in [5, 5.41) is 9.53. The first-order valence-corrected chi connectivity index (χ1v) is 6.25. The first-order chi connectivity index (χ1) is 9.33. The third kappa shape index (κ3) is 2.50. The van der Waals surface area contributed by atoms with Gasteiger partial charge in [0.25, 0.3) is 5.91 Å². The average Bonchev–Trinajstić information content (AvgIpc) is 3.13. The zero-order valence-corrected chi connectivity index (χ0v) is 10.5. The normalized spacial score (nSPS) is 10.3. The van der Waals surface area contributed by atoms with Gasteiger partial charge in [0.2, 0.25) is 0 Å². The molecule has 0 aliphatic rings. The number of nitrogens with one attached hydrogen (secondary N) is 2. The second-order valence-electron chi connectivity index (χ2n) is 3.79. The summed E-state index contributed by atoms with van der Waals surface area (Å²) in [4.78, 5) is 11.8. The van der Waals surface area contributed by atoms with E-state index < -0.39 is 0 Å². The summed E-state index contributed by atoms with van der Waals surface area (Å²) in [5.74, 6) is -0.261. The number of carbonyl (C=O) groups is 1. The molecule has 0 aliphatic carbocycles. The number of benzene rings is 1. The maximum atomic E-state index is 11.8. The van der Waals surface area contributed by atoms with E-state index in [0.29, 0.717) is 11.4 Å². The minimum Gasteiger partial charge on any atom is -0.321 e.